The molecule has 0 aromatic carbocycles. The lowest BCUT2D eigenvalue weighted by Gasteiger charge is -2.04. The molecule has 0 radical (unpaired) electrons. The van der Waals surface area contributed by atoms with Gasteiger partial charge in [0.05, 0.1) is 12.3 Å². The zero-order chi connectivity index (χ0) is 8.81. The summed E-state index contributed by atoms with van der Waals surface area (Å²) < 4.78 is 0. The lowest BCUT2D eigenvalue weighted by Crippen LogP contribution is -2.02. The van der Waals surface area contributed by atoms with Crippen molar-refractivity contribution < 1.29 is 5.11 Å². The van der Waals surface area contributed by atoms with Crippen molar-refractivity contribution in [1.82, 2.24) is 9.97 Å². The second-order valence-corrected chi connectivity index (χ2v) is 2.04. The van der Waals surface area contributed by atoms with Crippen LogP contribution in [0.2, 0.25) is 0 Å². The van der Waals surface area contributed by atoms with Crippen LogP contribution in [0.4, 0.5) is 0 Å². The Bertz CT molecular complexity index is 281. The van der Waals surface area contributed by atoms with Crippen LogP contribution in [0.3, 0.4) is 0 Å². The standard InChI is InChI=1S/C6H7N5O/c7-11-10-6(3-12)5-1-2-8-4-9-5/h1-2,4,6,12H,3H2. The molecule has 0 aliphatic rings. The van der Waals surface area contributed by atoms with Gasteiger partial charge in [0.2, 0.25) is 0 Å². The summed E-state index contributed by atoms with van der Waals surface area (Å²) in [7, 11) is 0. The van der Waals surface area contributed by atoms with E-state index in [9.17, 15) is 0 Å². The summed E-state index contributed by atoms with van der Waals surface area (Å²) >= 11 is 0. The maximum Gasteiger partial charge on any atom is 0.115 e. The third-order valence-corrected chi connectivity index (χ3v) is 1.31. The molecule has 0 aliphatic carbocycles. The molecule has 6 nitrogen and oxygen atoms in total. The summed E-state index contributed by atoms with van der Waals surface area (Å²) in [5.41, 5.74) is 8.65. The molecule has 0 saturated carbocycles. The maximum atomic E-state index is 8.79. The molecule has 0 fully saturated rings. The van der Waals surface area contributed by atoms with E-state index in [0.29, 0.717) is 5.69 Å². The summed E-state index contributed by atoms with van der Waals surface area (Å²) in [4.78, 5) is 10.1. The Balaban J connectivity index is 2.87. The highest BCUT2D eigenvalue weighted by atomic mass is 16.3. The Morgan fingerprint density at radius 1 is 1.75 bits per heavy atom. The van der Waals surface area contributed by atoms with Crippen LogP contribution in [-0.4, -0.2) is 21.7 Å². The molecule has 0 saturated heterocycles. The molecule has 1 heterocycles. The first kappa shape index (κ1) is 8.45. The molecule has 1 N–H and O–H groups in total. The minimum atomic E-state index is -0.613. The summed E-state index contributed by atoms with van der Waals surface area (Å²) in [6, 6.07) is 0.980. The highest BCUT2D eigenvalue weighted by Gasteiger charge is 2.07. The third-order valence-electron chi connectivity index (χ3n) is 1.31. The minimum Gasteiger partial charge on any atom is -0.396 e. The normalized spacial score (nSPS) is 11.8. The molecule has 0 bridgehead atoms. The summed E-state index contributed by atoms with van der Waals surface area (Å²) in [5, 5.41) is 12.1. The van der Waals surface area contributed by atoms with Crippen LogP contribution in [0.1, 0.15) is 11.7 Å². The van der Waals surface area contributed by atoms with E-state index >= 15 is 0 Å². The molecule has 1 rings (SSSR count). The number of aliphatic hydroxyl groups is 1. The van der Waals surface area contributed by atoms with Gasteiger partial charge >= 0.3 is 0 Å². The van der Waals surface area contributed by atoms with E-state index in [-0.39, 0.29) is 6.61 Å². The molecular formula is C6H7N5O. The van der Waals surface area contributed by atoms with Crippen molar-refractivity contribution in [2.45, 2.75) is 6.04 Å². The Labute approximate surface area is 68.5 Å². The first-order chi connectivity index (χ1) is 5.88. The largest absolute Gasteiger partial charge is 0.396 e. The average Bonchev–Trinajstić information content (AvgIpc) is 2.15. The van der Waals surface area contributed by atoms with Crippen LogP contribution in [-0.2, 0) is 0 Å². The molecule has 0 aliphatic heterocycles. The highest BCUT2D eigenvalue weighted by Crippen LogP contribution is 2.12. The van der Waals surface area contributed by atoms with Gasteiger partial charge in [0, 0.05) is 11.1 Å². The fourth-order valence-electron chi connectivity index (χ4n) is 0.750. The molecule has 1 aromatic heterocycles. The number of rotatable bonds is 3. The van der Waals surface area contributed by atoms with E-state index < -0.39 is 6.04 Å². The Hall–Kier alpha value is -1.65. The van der Waals surface area contributed by atoms with Crippen LogP contribution >= 0.6 is 0 Å². The Morgan fingerprint density at radius 3 is 3.08 bits per heavy atom. The quantitative estimate of drug-likeness (QED) is 0.408. The number of azide groups is 1. The second-order valence-electron chi connectivity index (χ2n) is 2.04. The Morgan fingerprint density at radius 2 is 2.58 bits per heavy atom. The van der Waals surface area contributed by atoms with Crippen LogP contribution in [0.25, 0.3) is 10.4 Å². The molecule has 6 heteroatoms. The second kappa shape index (κ2) is 4.27. The van der Waals surface area contributed by atoms with Gasteiger partial charge in [0.25, 0.3) is 0 Å². The Kier molecular flexibility index (Phi) is 3.01. The van der Waals surface area contributed by atoms with Crippen molar-refractivity contribution in [3.05, 3.63) is 34.7 Å². The van der Waals surface area contributed by atoms with Gasteiger partial charge in [-0.1, -0.05) is 5.11 Å². The number of nitrogens with zero attached hydrogens (tertiary/aromatic N) is 5. The van der Waals surface area contributed by atoms with Crippen molar-refractivity contribution >= 4 is 0 Å². The number of hydrogen-bond donors (Lipinski definition) is 1. The highest BCUT2D eigenvalue weighted by molar-refractivity contribution is 5.04. The topological polar surface area (TPSA) is 94.8 Å². The fourth-order valence-corrected chi connectivity index (χ4v) is 0.750. The number of hydrogen-bond acceptors (Lipinski definition) is 4. The van der Waals surface area contributed by atoms with E-state index in [1.54, 1.807) is 6.07 Å². The monoisotopic (exact) mass is 165 g/mol. The van der Waals surface area contributed by atoms with Gasteiger partial charge in [-0.15, -0.1) is 0 Å². The molecule has 1 unspecified atom stereocenters. The van der Waals surface area contributed by atoms with E-state index in [1.807, 2.05) is 0 Å². The zero-order valence-corrected chi connectivity index (χ0v) is 6.20. The predicted molar refractivity (Wildman–Crippen MR) is 41.0 cm³/mol. The third kappa shape index (κ3) is 1.91. The summed E-state index contributed by atoms with van der Waals surface area (Å²) in [6.07, 6.45) is 2.86. The zero-order valence-electron chi connectivity index (χ0n) is 6.20. The average molecular weight is 165 g/mol. The molecule has 1 atom stereocenters. The molecule has 1 aromatic rings. The van der Waals surface area contributed by atoms with Crippen molar-refractivity contribution in [2.75, 3.05) is 6.61 Å². The first-order valence-corrected chi connectivity index (χ1v) is 3.29. The van der Waals surface area contributed by atoms with Crippen LogP contribution in [0, 0.1) is 0 Å². The molecule has 12 heavy (non-hydrogen) atoms. The van der Waals surface area contributed by atoms with Gasteiger partial charge in [-0.3, -0.25) is 0 Å². The maximum absolute atomic E-state index is 8.79. The summed E-state index contributed by atoms with van der Waals surface area (Å²) in [5.74, 6) is 0. The van der Waals surface area contributed by atoms with E-state index in [1.165, 1.54) is 12.5 Å². The molecule has 0 amide bonds. The van der Waals surface area contributed by atoms with Gasteiger partial charge in [0.1, 0.15) is 12.4 Å². The predicted octanol–water partition coefficient (Wildman–Crippen LogP) is 0.820. The van der Waals surface area contributed by atoms with Gasteiger partial charge < -0.3 is 5.11 Å². The SMILES string of the molecule is [N-]=[N+]=NC(CO)c1ccncn1. The van der Waals surface area contributed by atoms with Crippen LogP contribution in [0.5, 0.6) is 0 Å². The van der Waals surface area contributed by atoms with Gasteiger partial charge in [-0.2, -0.15) is 0 Å². The van der Waals surface area contributed by atoms with Crippen LogP contribution < -0.4 is 0 Å². The number of aromatic nitrogens is 2. The molecule has 0 spiro atoms. The molecular weight excluding hydrogens is 158 g/mol. The lowest BCUT2D eigenvalue weighted by atomic mass is 10.2. The van der Waals surface area contributed by atoms with Gasteiger partial charge in [-0.05, 0) is 11.6 Å². The number of aliphatic hydroxyl groups excluding tert-OH is 1. The van der Waals surface area contributed by atoms with E-state index in [0.717, 1.165) is 0 Å². The first-order valence-electron chi connectivity index (χ1n) is 3.29. The van der Waals surface area contributed by atoms with E-state index in [2.05, 4.69) is 20.0 Å². The minimum absolute atomic E-state index is 0.249. The van der Waals surface area contributed by atoms with Crippen molar-refractivity contribution in [1.29, 1.82) is 0 Å². The van der Waals surface area contributed by atoms with E-state index in [4.69, 9.17) is 10.6 Å². The van der Waals surface area contributed by atoms with Crippen LogP contribution in [0.15, 0.2) is 23.7 Å². The van der Waals surface area contributed by atoms with Crippen molar-refractivity contribution in [3.8, 4) is 0 Å². The molecule has 62 valence electrons. The van der Waals surface area contributed by atoms with Gasteiger partial charge in [0.15, 0.2) is 0 Å². The lowest BCUT2D eigenvalue weighted by molar-refractivity contribution is 0.265. The van der Waals surface area contributed by atoms with Crippen molar-refractivity contribution in [2.24, 2.45) is 5.11 Å². The summed E-state index contributed by atoms with van der Waals surface area (Å²) in [6.45, 7) is -0.249. The van der Waals surface area contributed by atoms with Gasteiger partial charge in [-0.25, -0.2) is 9.97 Å². The fraction of sp³-hybridized carbons (Fsp3) is 0.333. The van der Waals surface area contributed by atoms with Crippen molar-refractivity contribution in [3.63, 3.8) is 0 Å². The smallest absolute Gasteiger partial charge is 0.115 e.